The topological polar surface area (TPSA) is 3.24 Å². The SMILES string of the molecule is CC1CCC(C2CCN(C)CC2C)C(C)C1. The zero-order valence-corrected chi connectivity index (χ0v) is 11.6. The number of hydrogen-bond acceptors (Lipinski definition) is 1. The lowest BCUT2D eigenvalue weighted by Crippen LogP contribution is -2.42. The van der Waals surface area contributed by atoms with Gasteiger partial charge in [-0.05, 0) is 62.4 Å². The first-order valence-corrected chi connectivity index (χ1v) is 7.26. The van der Waals surface area contributed by atoms with Gasteiger partial charge in [-0.3, -0.25) is 0 Å². The normalized spacial score (nSPS) is 46.9. The maximum absolute atomic E-state index is 2.51. The van der Waals surface area contributed by atoms with Gasteiger partial charge in [0, 0.05) is 6.54 Å². The standard InChI is InChI=1S/C15H29N/c1-11-5-6-14(12(2)9-11)15-7-8-16(4)10-13(15)3/h11-15H,5-10H2,1-4H3. The summed E-state index contributed by atoms with van der Waals surface area (Å²) in [5, 5.41) is 0. The average molecular weight is 223 g/mol. The van der Waals surface area contributed by atoms with Gasteiger partial charge < -0.3 is 4.90 Å². The third-order valence-electron chi connectivity index (χ3n) is 5.22. The average Bonchev–Trinajstić information content (AvgIpc) is 2.19. The van der Waals surface area contributed by atoms with E-state index in [1.807, 2.05) is 0 Å². The second-order valence-corrected chi connectivity index (χ2v) is 6.75. The van der Waals surface area contributed by atoms with Gasteiger partial charge in [0.15, 0.2) is 0 Å². The molecule has 1 saturated heterocycles. The van der Waals surface area contributed by atoms with Crippen molar-refractivity contribution in [2.75, 3.05) is 20.1 Å². The molecule has 0 radical (unpaired) electrons. The van der Waals surface area contributed by atoms with Crippen LogP contribution in [-0.4, -0.2) is 25.0 Å². The molecule has 1 heteroatoms. The highest BCUT2D eigenvalue weighted by atomic mass is 15.1. The molecule has 0 N–H and O–H groups in total. The van der Waals surface area contributed by atoms with E-state index in [9.17, 15) is 0 Å². The van der Waals surface area contributed by atoms with Crippen LogP contribution >= 0.6 is 0 Å². The first-order valence-electron chi connectivity index (χ1n) is 7.26. The van der Waals surface area contributed by atoms with Crippen LogP contribution in [0, 0.1) is 29.6 Å². The van der Waals surface area contributed by atoms with Crippen molar-refractivity contribution in [1.82, 2.24) is 4.90 Å². The first kappa shape index (κ1) is 12.4. The molecule has 5 unspecified atom stereocenters. The molecule has 1 saturated carbocycles. The molecular weight excluding hydrogens is 194 g/mol. The van der Waals surface area contributed by atoms with Crippen molar-refractivity contribution in [3.8, 4) is 0 Å². The Morgan fingerprint density at radius 2 is 1.56 bits per heavy atom. The maximum atomic E-state index is 2.51. The van der Waals surface area contributed by atoms with Crippen LogP contribution in [-0.2, 0) is 0 Å². The largest absolute Gasteiger partial charge is 0.306 e. The summed E-state index contributed by atoms with van der Waals surface area (Å²) in [5.41, 5.74) is 0. The van der Waals surface area contributed by atoms with Crippen LogP contribution in [0.15, 0.2) is 0 Å². The molecule has 16 heavy (non-hydrogen) atoms. The summed E-state index contributed by atoms with van der Waals surface area (Å²) in [7, 11) is 2.28. The van der Waals surface area contributed by atoms with Gasteiger partial charge in [-0.1, -0.05) is 27.2 Å². The minimum absolute atomic E-state index is 0.916. The van der Waals surface area contributed by atoms with E-state index in [0.29, 0.717) is 0 Å². The molecule has 0 aromatic rings. The molecule has 2 fully saturated rings. The second-order valence-electron chi connectivity index (χ2n) is 6.75. The van der Waals surface area contributed by atoms with Crippen LogP contribution in [0.25, 0.3) is 0 Å². The Balaban J connectivity index is 1.96. The number of piperidine rings is 1. The van der Waals surface area contributed by atoms with Crippen LogP contribution in [0.4, 0.5) is 0 Å². The molecular formula is C15H29N. The van der Waals surface area contributed by atoms with E-state index in [2.05, 4.69) is 32.7 Å². The maximum Gasteiger partial charge on any atom is 0.000673 e. The van der Waals surface area contributed by atoms with Crippen molar-refractivity contribution >= 4 is 0 Å². The highest BCUT2D eigenvalue weighted by Crippen LogP contribution is 2.42. The Morgan fingerprint density at radius 1 is 0.875 bits per heavy atom. The van der Waals surface area contributed by atoms with Gasteiger partial charge in [0.2, 0.25) is 0 Å². The molecule has 0 bridgehead atoms. The van der Waals surface area contributed by atoms with Crippen LogP contribution in [0.1, 0.15) is 46.5 Å². The lowest BCUT2D eigenvalue weighted by atomic mass is 9.65. The van der Waals surface area contributed by atoms with Crippen LogP contribution in [0.5, 0.6) is 0 Å². The Labute approximate surface area is 102 Å². The van der Waals surface area contributed by atoms with E-state index in [0.717, 1.165) is 29.6 Å². The van der Waals surface area contributed by atoms with Gasteiger partial charge in [-0.2, -0.15) is 0 Å². The van der Waals surface area contributed by atoms with E-state index >= 15 is 0 Å². The molecule has 0 spiro atoms. The molecule has 94 valence electrons. The molecule has 2 aliphatic rings. The zero-order chi connectivity index (χ0) is 11.7. The van der Waals surface area contributed by atoms with Gasteiger partial charge in [0.1, 0.15) is 0 Å². The molecule has 1 aliphatic carbocycles. The highest BCUT2D eigenvalue weighted by molar-refractivity contribution is 4.87. The van der Waals surface area contributed by atoms with E-state index in [4.69, 9.17) is 0 Å². The van der Waals surface area contributed by atoms with Crippen molar-refractivity contribution in [2.45, 2.75) is 46.5 Å². The fourth-order valence-electron chi connectivity index (χ4n) is 4.33. The number of likely N-dealkylation sites (tertiary alicyclic amines) is 1. The quantitative estimate of drug-likeness (QED) is 0.656. The summed E-state index contributed by atoms with van der Waals surface area (Å²) in [6.07, 6.45) is 5.90. The monoisotopic (exact) mass is 223 g/mol. The minimum Gasteiger partial charge on any atom is -0.306 e. The minimum atomic E-state index is 0.916. The second kappa shape index (κ2) is 5.08. The Kier molecular flexibility index (Phi) is 3.94. The molecule has 0 aromatic carbocycles. The molecule has 5 atom stereocenters. The van der Waals surface area contributed by atoms with Crippen molar-refractivity contribution in [3.63, 3.8) is 0 Å². The van der Waals surface area contributed by atoms with E-state index in [1.54, 1.807) is 0 Å². The van der Waals surface area contributed by atoms with Crippen molar-refractivity contribution in [3.05, 3.63) is 0 Å². The van der Waals surface area contributed by atoms with E-state index in [-0.39, 0.29) is 0 Å². The van der Waals surface area contributed by atoms with Gasteiger partial charge in [0.05, 0.1) is 0 Å². The number of nitrogens with zero attached hydrogens (tertiary/aromatic N) is 1. The fraction of sp³-hybridized carbons (Fsp3) is 1.00. The molecule has 0 aromatic heterocycles. The molecule has 0 amide bonds. The lowest BCUT2D eigenvalue weighted by molar-refractivity contribution is 0.0518. The summed E-state index contributed by atoms with van der Waals surface area (Å²) in [5.74, 6) is 4.91. The fourth-order valence-corrected chi connectivity index (χ4v) is 4.33. The molecule has 2 rings (SSSR count). The third kappa shape index (κ3) is 2.61. The van der Waals surface area contributed by atoms with Crippen molar-refractivity contribution in [2.24, 2.45) is 29.6 Å². The highest BCUT2D eigenvalue weighted by Gasteiger charge is 2.36. The van der Waals surface area contributed by atoms with Crippen molar-refractivity contribution < 1.29 is 0 Å². The summed E-state index contributed by atoms with van der Waals surface area (Å²) < 4.78 is 0. The van der Waals surface area contributed by atoms with Crippen LogP contribution in [0.2, 0.25) is 0 Å². The summed E-state index contributed by atoms with van der Waals surface area (Å²) >= 11 is 0. The summed E-state index contributed by atoms with van der Waals surface area (Å²) in [6, 6.07) is 0. The zero-order valence-electron chi connectivity index (χ0n) is 11.6. The van der Waals surface area contributed by atoms with E-state index in [1.165, 1.54) is 38.8 Å². The van der Waals surface area contributed by atoms with Crippen LogP contribution < -0.4 is 0 Å². The summed E-state index contributed by atoms with van der Waals surface area (Å²) in [4.78, 5) is 2.51. The Morgan fingerprint density at radius 3 is 2.19 bits per heavy atom. The van der Waals surface area contributed by atoms with Crippen LogP contribution in [0.3, 0.4) is 0 Å². The van der Waals surface area contributed by atoms with Gasteiger partial charge >= 0.3 is 0 Å². The lowest BCUT2D eigenvalue weighted by Gasteiger charge is -2.44. The Bertz CT molecular complexity index is 201. The molecule has 1 aliphatic heterocycles. The third-order valence-corrected chi connectivity index (χ3v) is 5.22. The Hall–Kier alpha value is -0.0400. The van der Waals surface area contributed by atoms with Gasteiger partial charge in [-0.25, -0.2) is 0 Å². The molecule has 1 heterocycles. The van der Waals surface area contributed by atoms with Crippen molar-refractivity contribution in [1.29, 1.82) is 0 Å². The first-order chi connectivity index (χ1) is 7.58. The predicted molar refractivity (Wildman–Crippen MR) is 70.4 cm³/mol. The smallest absolute Gasteiger partial charge is 0.000673 e. The predicted octanol–water partition coefficient (Wildman–Crippen LogP) is 3.65. The van der Waals surface area contributed by atoms with E-state index < -0.39 is 0 Å². The molecule has 1 nitrogen and oxygen atoms in total. The number of hydrogen-bond donors (Lipinski definition) is 0. The summed E-state index contributed by atoms with van der Waals surface area (Å²) in [6.45, 7) is 10.1. The van der Waals surface area contributed by atoms with Gasteiger partial charge in [-0.15, -0.1) is 0 Å². The van der Waals surface area contributed by atoms with Gasteiger partial charge in [0.25, 0.3) is 0 Å². The number of rotatable bonds is 1.